The highest BCUT2D eigenvalue weighted by Gasteiger charge is 2.03. The maximum Gasteiger partial charge on any atom is 0.251 e. The molecule has 0 fully saturated rings. The maximum atomic E-state index is 11.3. The smallest absolute Gasteiger partial charge is 0.251 e. The molecule has 0 atom stereocenters. The first-order valence-corrected chi connectivity index (χ1v) is 6.43. The summed E-state index contributed by atoms with van der Waals surface area (Å²) in [6, 6.07) is 7.15. The van der Waals surface area contributed by atoms with Gasteiger partial charge in [-0.3, -0.25) is 9.59 Å². The Kier molecular flexibility index (Phi) is 5.69. The number of rotatable bonds is 5. The Balaban J connectivity index is 2.51. The molecule has 17 heavy (non-hydrogen) atoms. The molecule has 1 aromatic rings. The Labute approximate surface area is 109 Å². The highest BCUT2D eigenvalue weighted by Crippen LogP contribution is 2.04. The Morgan fingerprint density at radius 1 is 1.24 bits per heavy atom. The molecule has 0 aliphatic rings. The normalized spacial score (nSPS) is 9.76. The zero-order chi connectivity index (χ0) is 12.7. The summed E-state index contributed by atoms with van der Waals surface area (Å²) in [6.45, 7) is 0.486. The van der Waals surface area contributed by atoms with Gasteiger partial charge in [-0.2, -0.15) is 0 Å². The van der Waals surface area contributed by atoms with E-state index >= 15 is 0 Å². The summed E-state index contributed by atoms with van der Waals surface area (Å²) in [5, 5.41) is 6.01. The fourth-order valence-electron chi connectivity index (χ4n) is 1.29. The number of carbonyl (C=O) groups is 2. The van der Waals surface area contributed by atoms with Crippen LogP contribution in [0.2, 0.25) is 0 Å². The van der Waals surface area contributed by atoms with Crippen LogP contribution in [0.25, 0.3) is 0 Å². The first kappa shape index (κ1) is 13.7. The molecule has 92 valence electrons. The molecule has 5 heteroatoms. The highest BCUT2D eigenvalue weighted by molar-refractivity contribution is 9.09. The summed E-state index contributed by atoms with van der Waals surface area (Å²) in [5.74, 6) is -0.0999. The number of hydrogen-bond donors (Lipinski definition) is 2. The van der Waals surface area contributed by atoms with E-state index in [0.29, 0.717) is 23.9 Å². The van der Waals surface area contributed by atoms with Crippen LogP contribution in [0, 0.1) is 0 Å². The molecule has 0 saturated carbocycles. The molecule has 0 aliphatic heterocycles. The maximum absolute atomic E-state index is 11.3. The molecule has 1 aromatic carbocycles. The summed E-state index contributed by atoms with van der Waals surface area (Å²) < 4.78 is 0. The van der Waals surface area contributed by atoms with Crippen molar-refractivity contribution in [2.75, 3.05) is 12.4 Å². The van der Waals surface area contributed by atoms with Gasteiger partial charge in [-0.15, -0.1) is 0 Å². The van der Waals surface area contributed by atoms with Crippen molar-refractivity contribution in [3.63, 3.8) is 0 Å². The van der Waals surface area contributed by atoms with Gasteiger partial charge in [0.2, 0.25) is 5.91 Å². The number of benzene rings is 1. The monoisotopic (exact) mass is 298 g/mol. The summed E-state index contributed by atoms with van der Waals surface area (Å²) >= 11 is 3.20. The van der Waals surface area contributed by atoms with E-state index in [1.165, 1.54) is 0 Å². The van der Waals surface area contributed by atoms with Crippen molar-refractivity contribution >= 4 is 27.7 Å². The van der Waals surface area contributed by atoms with Crippen LogP contribution in [-0.2, 0) is 11.3 Å². The molecule has 0 unspecified atom stereocenters. The van der Waals surface area contributed by atoms with E-state index < -0.39 is 0 Å². The number of hydrogen-bond acceptors (Lipinski definition) is 2. The molecule has 0 spiro atoms. The molecule has 0 radical (unpaired) electrons. The average molecular weight is 299 g/mol. The molecule has 2 N–H and O–H groups in total. The van der Waals surface area contributed by atoms with Crippen molar-refractivity contribution in [1.29, 1.82) is 0 Å². The van der Waals surface area contributed by atoms with E-state index in [-0.39, 0.29) is 11.8 Å². The van der Waals surface area contributed by atoms with Crippen LogP contribution in [0.1, 0.15) is 22.3 Å². The fraction of sp³-hybridized carbons (Fsp3) is 0.333. The second-order valence-corrected chi connectivity index (χ2v) is 4.28. The van der Waals surface area contributed by atoms with Gasteiger partial charge in [-0.1, -0.05) is 28.1 Å². The Bertz CT molecular complexity index is 390. The SMILES string of the molecule is CNC(=O)c1ccc(CNC(=O)CCBr)cc1. The second kappa shape index (κ2) is 7.06. The molecule has 0 bridgehead atoms. The lowest BCUT2D eigenvalue weighted by molar-refractivity contribution is -0.120. The predicted molar refractivity (Wildman–Crippen MR) is 70.1 cm³/mol. The molecule has 0 saturated heterocycles. The van der Waals surface area contributed by atoms with Crippen molar-refractivity contribution in [3.8, 4) is 0 Å². The minimum Gasteiger partial charge on any atom is -0.355 e. The highest BCUT2D eigenvalue weighted by atomic mass is 79.9. The predicted octanol–water partition coefficient (Wildman–Crippen LogP) is 1.45. The lowest BCUT2D eigenvalue weighted by Gasteiger charge is -2.05. The van der Waals surface area contributed by atoms with Crippen LogP contribution in [0.15, 0.2) is 24.3 Å². The largest absolute Gasteiger partial charge is 0.355 e. The molecule has 0 aliphatic carbocycles. The number of halogens is 1. The Morgan fingerprint density at radius 2 is 1.88 bits per heavy atom. The van der Waals surface area contributed by atoms with Gasteiger partial charge < -0.3 is 10.6 Å². The number of nitrogens with one attached hydrogen (secondary N) is 2. The molecule has 2 amide bonds. The van der Waals surface area contributed by atoms with E-state index in [1.807, 2.05) is 12.1 Å². The summed E-state index contributed by atoms with van der Waals surface area (Å²) in [5.41, 5.74) is 1.59. The van der Waals surface area contributed by atoms with Gasteiger partial charge in [0, 0.05) is 30.9 Å². The van der Waals surface area contributed by atoms with Gasteiger partial charge in [-0.25, -0.2) is 0 Å². The van der Waals surface area contributed by atoms with Crippen LogP contribution >= 0.6 is 15.9 Å². The third-order valence-electron chi connectivity index (χ3n) is 2.25. The molecular formula is C12H15BrN2O2. The van der Waals surface area contributed by atoms with E-state index in [2.05, 4.69) is 26.6 Å². The van der Waals surface area contributed by atoms with Crippen LogP contribution < -0.4 is 10.6 Å². The molecular weight excluding hydrogens is 284 g/mol. The lowest BCUT2D eigenvalue weighted by atomic mass is 10.1. The van der Waals surface area contributed by atoms with Crippen LogP contribution in [0.4, 0.5) is 0 Å². The van der Waals surface area contributed by atoms with Crippen molar-refractivity contribution in [2.24, 2.45) is 0 Å². The van der Waals surface area contributed by atoms with Crippen molar-refractivity contribution in [1.82, 2.24) is 10.6 Å². The average Bonchev–Trinajstić information content (AvgIpc) is 2.36. The van der Waals surface area contributed by atoms with Gasteiger partial charge in [-0.05, 0) is 17.7 Å². The van der Waals surface area contributed by atoms with E-state index in [4.69, 9.17) is 0 Å². The Hall–Kier alpha value is -1.36. The first-order valence-electron chi connectivity index (χ1n) is 5.31. The molecule has 0 heterocycles. The summed E-state index contributed by atoms with van der Waals surface area (Å²) in [6.07, 6.45) is 0.469. The zero-order valence-corrected chi connectivity index (χ0v) is 11.2. The molecule has 4 nitrogen and oxygen atoms in total. The number of carbonyl (C=O) groups excluding carboxylic acids is 2. The van der Waals surface area contributed by atoms with Crippen molar-refractivity contribution in [3.05, 3.63) is 35.4 Å². The van der Waals surface area contributed by atoms with Gasteiger partial charge in [0.25, 0.3) is 5.91 Å². The van der Waals surface area contributed by atoms with Crippen LogP contribution in [0.5, 0.6) is 0 Å². The minimum absolute atomic E-state index is 0.0113. The van der Waals surface area contributed by atoms with Gasteiger partial charge in [0.1, 0.15) is 0 Å². The van der Waals surface area contributed by atoms with Gasteiger partial charge >= 0.3 is 0 Å². The number of alkyl halides is 1. The molecule has 1 rings (SSSR count). The van der Waals surface area contributed by atoms with E-state index in [1.54, 1.807) is 19.2 Å². The van der Waals surface area contributed by atoms with Crippen LogP contribution in [0.3, 0.4) is 0 Å². The summed E-state index contributed by atoms with van der Waals surface area (Å²) in [7, 11) is 1.59. The van der Waals surface area contributed by atoms with E-state index in [9.17, 15) is 9.59 Å². The topological polar surface area (TPSA) is 58.2 Å². The number of amides is 2. The zero-order valence-electron chi connectivity index (χ0n) is 9.63. The Morgan fingerprint density at radius 3 is 2.41 bits per heavy atom. The fourth-order valence-corrected chi connectivity index (χ4v) is 1.65. The van der Waals surface area contributed by atoms with Crippen LogP contribution in [-0.4, -0.2) is 24.2 Å². The summed E-state index contributed by atoms with van der Waals surface area (Å²) in [4.78, 5) is 22.5. The van der Waals surface area contributed by atoms with Crippen molar-refractivity contribution in [2.45, 2.75) is 13.0 Å². The standard InChI is InChI=1S/C12H15BrN2O2/c1-14-12(17)10-4-2-9(3-5-10)8-15-11(16)6-7-13/h2-5H,6-8H2,1H3,(H,14,17)(H,15,16). The second-order valence-electron chi connectivity index (χ2n) is 3.49. The third-order valence-corrected chi connectivity index (χ3v) is 2.65. The van der Waals surface area contributed by atoms with E-state index in [0.717, 1.165) is 5.56 Å². The van der Waals surface area contributed by atoms with Gasteiger partial charge in [0.15, 0.2) is 0 Å². The minimum atomic E-state index is -0.111. The first-order chi connectivity index (χ1) is 8.17. The quantitative estimate of drug-likeness (QED) is 0.809. The lowest BCUT2D eigenvalue weighted by Crippen LogP contribution is -2.23. The van der Waals surface area contributed by atoms with Gasteiger partial charge in [0.05, 0.1) is 0 Å². The molecule has 0 aromatic heterocycles. The third kappa shape index (κ3) is 4.56. The van der Waals surface area contributed by atoms with Crippen molar-refractivity contribution < 1.29 is 9.59 Å².